The van der Waals surface area contributed by atoms with Crippen LogP contribution >= 0.6 is 0 Å². The Morgan fingerprint density at radius 2 is 1.92 bits per heavy atom. The molecular weight excluding hydrogens is 340 g/mol. The van der Waals surface area contributed by atoms with Crippen LogP contribution < -0.4 is 20.1 Å². The molecule has 0 aliphatic rings. The van der Waals surface area contributed by atoms with Crippen LogP contribution in [0, 0.1) is 0 Å². The summed E-state index contributed by atoms with van der Waals surface area (Å²) < 4.78 is 34.8. The van der Waals surface area contributed by atoms with Crippen LogP contribution in [0.4, 0.5) is 8.78 Å². The molecule has 2 aromatic carbocycles. The highest BCUT2D eigenvalue weighted by Crippen LogP contribution is 2.20. The molecule has 0 aliphatic heterocycles. The number of methoxy groups -OCH3 is 1. The molecule has 0 aromatic heterocycles. The lowest BCUT2D eigenvalue weighted by Crippen LogP contribution is -2.36. The summed E-state index contributed by atoms with van der Waals surface area (Å²) in [4.78, 5) is 4.51. The Hall–Kier alpha value is -2.83. The van der Waals surface area contributed by atoms with Crippen LogP contribution in [-0.2, 0) is 13.1 Å². The zero-order valence-electron chi connectivity index (χ0n) is 14.8. The Morgan fingerprint density at radius 1 is 1.12 bits per heavy atom. The zero-order valence-corrected chi connectivity index (χ0v) is 14.8. The minimum Gasteiger partial charge on any atom is -0.497 e. The van der Waals surface area contributed by atoms with Crippen LogP contribution in [0.3, 0.4) is 0 Å². The summed E-state index contributed by atoms with van der Waals surface area (Å²) in [5, 5.41) is 6.26. The number of ether oxygens (including phenoxy) is 2. The molecule has 0 spiro atoms. The summed E-state index contributed by atoms with van der Waals surface area (Å²) in [6.45, 7) is 0.552. The largest absolute Gasteiger partial charge is 0.497 e. The summed E-state index contributed by atoms with van der Waals surface area (Å²) >= 11 is 0. The van der Waals surface area contributed by atoms with Gasteiger partial charge < -0.3 is 20.1 Å². The molecule has 0 amide bonds. The molecule has 140 valence electrons. The molecule has 0 aliphatic carbocycles. The predicted octanol–water partition coefficient (Wildman–Crippen LogP) is 3.55. The smallest absolute Gasteiger partial charge is 0.387 e. The second-order valence-electron chi connectivity index (χ2n) is 5.39. The van der Waals surface area contributed by atoms with E-state index in [0.717, 1.165) is 11.3 Å². The number of nitrogens with zero attached hydrogens (tertiary/aromatic N) is 1. The van der Waals surface area contributed by atoms with Gasteiger partial charge in [0, 0.05) is 18.7 Å². The molecule has 0 atom stereocenters. The standard InChI is InChI=1S/C19H23F2N3O2/c1-3-22-19(23-12-14-7-6-9-16(11-14)25-2)24-13-15-8-4-5-10-17(15)26-18(20)21/h4-11,18H,3,12-13H2,1-2H3,(H2,22,23,24). The third-order valence-corrected chi connectivity index (χ3v) is 3.53. The number of benzene rings is 2. The van der Waals surface area contributed by atoms with Crippen molar-refractivity contribution in [2.24, 2.45) is 4.99 Å². The third-order valence-electron chi connectivity index (χ3n) is 3.53. The first-order chi connectivity index (χ1) is 12.6. The molecular formula is C19H23F2N3O2. The number of alkyl halides is 2. The first kappa shape index (κ1) is 19.5. The Kier molecular flexibility index (Phi) is 7.67. The average Bonchev–Trinajstić information content (AvgIpc) is 2.65. The van der Waals surface area contributed by atoms with E-state index >= 15 is 0 Å². The Labute approximate surface area is 152 Å². The fraction of sp³-hybridized carbons (Fsp3) is 0.316. The van der Waals surface area contributed by atoms with E-state index in [4.69, 9.17) is 4.74 Å². The van der Waals surface area contributed by atoms with Gasteiger partial charge in [-0.2, -0.15) is 8.78 Å². The van der Waals surface area contributed by atoms with Gasteiger partial charge in [0.2, 0.25) is 0 Å². The zero-order chi connectivity index (χ0) is 18.8. The predicted molar refractivity (Wildman–Crippen MR) is 97.7 cm³/mol. The quantitative estimate of drug-likeness (QED) is 0.556. The van der Waals surface area contributed by atoms with Crippen molar-refractivity contribution in [2.45, 2.75) is 26.6 Å². The third kappa shape index (κ3) is 6.23. The molecule has 0 unspecified atom stereocenters. The van der Waals surface area contributed by atoms with Gasteiger partial charge >= 0.3 is 6.61 Å². The lowest BCUT2D eigenvalue weighted by atomic mass is 10.2. The van der Waals surface area contributed by atoms with Gasteiger partial charge in [-0.05, 0) is 30.7 Å². The molecule has 0 bridgehead atoms. The van der Waals surface area contributed by atoms with Crippen LogP contribution in [0.1, 0.15) is 18.1 Å². The topological polar surface area (TPSA) is 54.9 Å². The molecule has 0 saturated carbocycles. The number of hydrogen-bond acceptors (Lipinski definition) is 3. The molecule has 2 N–H and O–H groups in total. The highest BCUT2D eigenvalue weighted by Gasteiger charge is 2.09. The first-order valence-electron chi connectivity index (χ1n) is 8.30. The van der Waals surface area contributed by atoms with Crippen LogP contribution in [0.5, 0.6) is 11.5 Å². The first-order valence-corrected chi connectivity index (χ1v) is 8.30. The van der Waals surface area contributed by atoms with Gasteiger partial charge in [-0.1, -0.05) is 30.3 Å². The normalized spacial score (nSPS) is 11.3. The molecule has 0 saturated heterocycles. The summed E-state index contributed by atoms with van der Waals surface area (Å²) in [5.74, 6) is 1.51. The van der Waals surface area contributed by atoms with E-state index < -0.39 is 6.61 Å². The van der Waals surface area contributed by atoms with Crippen molar-refractivity contribution in [3.63, 3.8) is 0 Å². The van der Waals surface area contributed by atoms with E-state index in [9.17, 15) is 8.78 Å². The lowest BCUT2D eigenvalue weighted by Gasteiger charge is -2.14. The summed E-state index contributed by atoms with van der Waals surface area (Å²) in [5.41, 5.74) is 1.63. The van der Waals surface area contributed by atoms with E-state index in [1.807, 2.05) is 31.2 Å². The average molecular weight is 363 g/mol. The van der Waals surface area contributed by atoms with E-state index in [2.05, 4.69) is 20.4 Å². The summed E-state index contributed by atoms with van der Waals surface area (Å²) in [6, 6.07) is 14.3. The van der Waals surface area contributed by atoms with Crippen molar-refractivity contribution in [3.8, 4) is 11.5 Å². The molecule has 0 radical (unpaired) electrons. The molecule has 26 heavy (non-hydrogen) atoms. The van der Waals surface area contributed by atoms with Crippen molar-refractivity contribution in [1.29, 1.82) is 0 Å². The van der Waals surface area contributed by atoms with Gasteiger partial charge in [0.1, 0.15) is 11.5 Å². The fourth-order valence-electron chi connectivity index (χ4n) is 2.32. The number of para-hydroxylation sites is 1. The van der Waals surface area contributed by atoms with Crippen LogP contribution in [0.25, 0.3) is 0 Å². The van der Waals surface area contributed by atoms with Crippen LogP contribution in [-0.4, -0.2) is 26.2 Å². The maximum absolute atomic E-state index is 12.5. The van der Waals surface area contributed by atoms with Gasteiger partial charge in [0.05, 0.1) is 13.7 Å². The molecule has 0 fully saturated rings. The molecule has 7 heteroatoms. The lowest BCUT2D eigenvalue weighted by molar-refractivity contribution is -0.0504. The number of rotatable bonds is 8. The number of aliphatic imine (C=N–C) groups is 1. The highest BCUT2D eigenvalue weighted by atomic mass is 19.3. The van der Waals surface area contributed by atoms with E-state index in [1.54, 1.807) is 25.3 Å². The van der Waals surface area contributed by atoms with Gasteiger partial charge in [-0.15, -0.1) is 0 Å². The molecule has 0 heterocycles. The monoisotopic (exact) mass is 363 g/mol. The second kappa shape index (κ2) is 10.2. The van der Waals surface area contributed by atoms with E-state index in [-0.39, 0.29) is 5.75 Å². The van der Waals surface area contributed by atoms with Crippen molar-refractivity contribution in [1.82, 2.24) is 10.6 Å². The SMILES string of the molecule is CCNC(=NCc1cccc(OC)c1)NCc1ccccc1OC(F)F. The number of guanidine groups is 1. The van der Waals surface area contributed by atoms with Gasteiger partial charge in [0.15, 0.2) is 5.96 Å². The Balaban J connectivity index is 2.03. The van der Waals surface area contributed by atoms with Gasteiger partial charge in [-0.3, -0.25) is 0 Å². The molecule has 2 aromatic rings. The number of hydrogen-bond donors (Lipinski definition) is 2. The molecule has 5 nitrogen and oxygen atoms in total. The number of nitrogens with one attached hydrogen (secondary N) is 2. The summed E-state index contributed by atoms with van der Waals surface area (Å²) in [7, 11) is 1.62. The number of halogens is 2. The fourth-order valence-corrected chi connectivity index (χ4v) is 2.32. The van der Waals surface area contributed by atoms with E-state index in [0.29, 0.717) is 31.2 Å². The van der Waals surface area contributed by atoms with Crippen molar-refractivity contribution < 1.29 is 18.3 Å². The maximum Gasteiger partial charge on any atom is 0.387 e. The Bertz CT molecular complexity index is 723. The minimum absolute atomic E-state index is 0.152. The highest BCUT2D eigenvalue weighted by molar-refractivity contribution is 5.79. The maximum atomic E-state index is 12.5. The van der Waals surface area contributed by atoms with Crippen molar-refractivity contribution >= 4 is 5.96 Å². The van der Waals surface area contributed by atoms with Gasteiger partial charge in [-0.25, -0.2) is 4.99 Å². The minimum atomic E-state index is -2.86. The van der Waals surface area contributed by atoms with E-state index in [1.165, 1.54) is 6.07 Å². The van der Waals surface area contributed by atoms with Crippen LogP contribution in [0.2, 0.25) is 0 Å². The van der Waals surface area contributed by atoms with Crippen molar-refractivity contribution in [2.75, 3.05) is 13.7 Å². The van der Waals surface area contributed by atoms with Crippen molar-refractivity contribution in [3.05, 3.63) is 59.7 Å². The second-order valence-corrected chi connectivity index (χ2v) is 5.39. The van der Waals surface area contributed by atoms with Crippen LogP contribution in [0.15, 0.2) is 53.5 Å². The Morgan fingerprint density at radius 3 is 2.65 bits per heavy atom. The van der Waals surface area contributed by atoms with Gasteiger partial charge in [0.25, 0.3) is 0 Å². The molecule has 2 rings (SSSR count). The summed E-state index contributed by atoms with van der Waals surface area (Å²) in [6.07, 6.45) is 0.